The van der Waals surface area contributed by atoms with E-state index in [1.165, 1.54) is 31.5 Å². The normalized spacial score (nSPS) is 18.8. The van der Waals surface area contributed by atoms with Crippen molar-refractivity contribution in [3.05, 3.63) is 34.3 Å². The molecular formula is C16H25ClN2. The number of nitrogens with two attached hydrogens (primary N) is 1. The molecule has 1 atom stereocenters. The first-order chi connectivity index (χ1) is 8.91. The molecule has 0 saturated carbocycles. The highest BCUT2D eigenvalue weighted by atomic mass is 35.5. The van der Waals surface area contributed by atoms with Gasteiger partial charge in [0.15, 0.2) is 0 Å². The quantitative estimate of drug-likeness (QED) is 0.916. The van der Waals surface area contributed by atoms with Crippen molar-refractivity contribution in [1.29, 1.82) is 0 Å². The molecule has 1 heterocycles. The Kier molecular flexibility index (Phi) is 4.54. The molecule has 0 aliphatic carbocycles. The molecule has 1 unspecified atom stereocenters. The van der Waals surface area contributed by atoms with Gasteiger partial charge in [0, 0.05) is 16.6 Å². The average molecular weight is 281 g/mol. The second kappa shape index (κ2) is 5.82. The summed E-state index contributed by atoms with van der Waals surface area (Å²) >= 11 is 6.31. The van der Waals surface area contributed by atoms with Gasteiger partial charge in [-0.1, -0.05) is 23.7 Å². The smallest absolute Gasteiger partial charge is 0.0441 e. The fourth-order valence-electron chi connectivity index (χ4n) is 2.83. The van der Waals surface area contributed by atoms with Crippen molar-refractivity contribution in [2.24, 2.45) is 5.73 Å². The molecule has 3 heteroatoms. The van der Waals surface area contributed by atoms with Crippen molar-refractivity contribution >= 4 is 11.6 Å². The Morgan fingerprint density at radius 1 is 1.32 bits per heavy atom. The van der Waals surface area contributed by atoms with Crippen molar-refractivity contribution in [2.75, 3.05) is 13.1 Å². The highest BCUT2D eigenvalue weighted by Crippen LogP contribution is 2.27. The van der Waals surface area contributed by atoms with Gasteiger partial charge < -0.3 is 5.73 Å². The van der Waals surface area contributed by atoms with Crippen LogP contribution in [0.15, 0.2) is 18.2 Å². The molecular weight excluding hydrogens is 256 g/mol. The zero-order valence-electron chi connectivity index (χ0n) is 12.2. The lowest BCUT2D eigenvalue weighted by Crippen LogP contribution is -2.55. The molecule has 1 aliphatic heterocycles. The summed E-state index contributed by atoms with van der Waals surface area (Å²) in [5, 5.41) is 0.840. The van der Waals surface area contributed by atoms with Crippen LogP contribution in [0.5, 0.6) is 0 Å². The lowest BCUT2D eigenvalue weighted by Gasteiger charge is -2.40. The van der Waals surface area contributed by atoms with E-state index < -0.39 is 0 Å². The first kappa shape index (κ1) is 14.8. The molecule has 1 saturated heterocycles. The van der Waals surface area contributed by atoms with E-state index in [4.69, 9.17) is 17.3 Å². The summed E-state index contributed by atoms with van der Waals surface area (Å²) in [6.07, 6.45) is 3.42. The number of likely N-dealkylation sites (tertiary alicyclic amines) is 1. The van der Waals surface area contributed by atoms with Crippen LogP contribution >= 0.6 is 11.6 Å². The number of aryl methyl sites for hydroxylation is 1. The zero-order valence-corrected chi connectivity index (χ0v) is 13.0. The van der Waals surface area contributed by atoms with E-state index in [2.05, 4.69) is 37.8 Å². The van der Waals surface area contributed by atoms with Gasteiger partial charge in [-0.15, -0.1) is 0 Å². The lowest BCUT2D eigenvalue weighted by atomic mass is 9.88. The molecule has 2 N–H and O–H groups in total. The Morgan fingerprint density at radius 2 is 1.95 bits per heavy atom. The third kappa shape index (κ3) is 3.31. The summed E-state index contributed by atoms with van der Waals surface area (Å²) in [4.78, 5) is 2.51. The largest absolute Gasteiger partial charge is 0.326 e. The third-order valence-corrected chi connectivity index (χ3v) is 4.83. The van der Waals surface area contributed by atoms with Crippen LogP contribution in [-0.2, 0) is 6.42 Å². The SMILES string of the molecule is Cc1ccc(CC(N)C(C)(C)N2CCCC2)c(Cl)c1. The van der Waals surface area contributed by atoms with Gasteiger partial charge >= 0.3 is 0 Å². The number of rotatable bonds is 4. The molecule has 0 radical (unpaired) electrons. The van der Waals surface area contributed by atoms with Crippen LogP contribution < -0.4 is 5.73 Å². The maximum Gasteiger partial charge on any atom is 0.0441 e. The maximum atomic E-state index is 6.47. The molecule has 19 heavy (non-hydrogen) atoms. The van der Waals surface area contributed by atoms with Crippen molar-refractivity contribution in [3.8, 4) is 0 Å². The van der Waals surface area contributed by atoms with E-state index >= 15 is 0 Å². The van der Waals surface area contributed by atoms with Crippen molar-refractivity contribution in [2.45, 2.75) is 51.6 Å². The molecule has 106 valence electrons. The Balaban J connectivity index is 2.09. The number of nitrogens with zero attached hydrogens (tertiary/aromatic N) is 1. The topological polar surface area (TPSA) is 29.3 Å². The number of hydrogen-bond donors (Lipinski definition) is 1. The first-order valence-electron chi connectivity index (χ1n) is 7.17. The summed E-state index contributed by atoms with van der Waals surface area (Å²) in [5.74, 6) is 0. The van der Waals surface area contributed by atoms with Crippen LogP contribution in [0.4, 0.5) is 0 Å². The predicted molar refractivity (Wildman–Crippen MR) is 82.8 cm³/mol. The minimum atomic E-state index is 0.0325. The minimum Gasteiger partial charge on any atom is -0.326 e. The number of halogens is 1. The van der Waals surface area contributed by atoms with Gasteiger partial charge in [-0.05, 0) is 70.3 Å². The van der Waals surface area contributed by atoms with Crippen LogP contribution in [0.2, 0.25) is 5.02 Å². The van der Waals surface area contributed by atoms with Crippen LogP contribution in [0.25, 0.3) is 0 Å². The Hall–Kier alpha value is -0.570. The van der Waals surface area contributed by atoms with E-state index in [-0.39, 0.29) is 11.6 Å². The summed E-state index contributed by atoms with van der Waals surface area (Å²) in [6, 6.07) is 6.34. The van der Waals surface area contributed by atoms with Crippen molar-refractivity contribution in [1.82, 2.24) is 4.90 Å². The first-order valence-corrected chi connectivity index (χ1v) is 7.54. The molecule has 0 amide bonds. The van der Waals surface area contributed by atoms with Gasteiger partial charge in [0.25, 0.3) is 0 Å². The van der Waals surface area contributed by atoms with Crippen molar-refractivity contribution < 1.29 is 0 Å². The van der Waals surface area contributed by atoms with E-state index in [1.807, 2.05) is 6.07 Å². The Bertz CT molecular complexity index is 436. The maximum absolute atomic E-state index is 6.47. The van der Waals surface area contributed by atoms with Crippen molar-refractivity contribution in [3.63, 3.8) is 0 Å². The molecule has 2 rings (SSSR count). The van der Waals surface area contributed by atoms with Gasteiger partial charge in [-0.3, -0.25) is 4.90 Å². The van der Waals surface area contributed by atoms with Gasteiger partial charge in [0.1, 0.15) is 0 Å². The van der Waals surface area contributed by atoms with E-state index in [0.717, 1.165) is 17.0 Å². The predicted octanol–water partition coefficient (Wildman–Crippen LogP) is 3.39. The monoisotopic (exact) mass is 280 g/mol. The summed E-state index contributed by atoms with van der Waals surface area (Å²) in [5.41, 5.74) is 8.86. The Labute approximate surface area is 121 Å². The third-order valence-electron chi connectivity index (χ3n) is 4.48. The summed E-state index contributed by atoms with van der Waals surface area (Å²) in [7, 11) is 0. The fourth-order valence-corrected chi connectivity index (χ4v) is 3.14. The van der Waals surface area contributed by atoms with Crippen LogP contribution in [0.1, 0.15) is 37.8 Å². The second-order valence-electron chi connectivity index (χ2n) is 6.25. The molecule has 0 spiro atoms. The fraction of sp³-hybridized carbons (Fsp3) is 0.625. The van der Waals surface area contributed by atoms with Crippen LogP contribution in [0, 0.1) is 6.92 Å². The molecule has 0 aromatic heterocycles. The standard InChI is InChI=1S/C16H25ClN2/c1-12-6-7-13(14(17)10-12)11-15(18)16(2,3)19-8-4-5-9-19/h6-7,10,15H,4-5,8-9,11,18H2,1-3H3. The van der Waals surface area contributed by atoms with E-state index in [9.17, 15) is 0 Å². The Morgan fingerprint density at radius 3 is 2.53 bits per heavy atom. The van der Waals surface area contributed by atoms with Gasteiger partial charge in [-0.2, -0.15) is 0 Å². The van der Waals surface area contributed by atoms with Gasteiger partial charge in [0.05, 0.1) is 0 Å². The number of hydrogen-bond acceptors (Lipinski definition) is 2. The van der Waals surface area contributed by atoms with Gasteiger partial charge in [0.2, 0.25) is 0 Å². The molecule has 1 aromatic carbocycles. The zero-order chi connectivity index (χ0) is 14.0. The van der Waals surface area contributed by atoms with Crippen LogP contribution in [0.3, 0.4) is 0 Å². The molecule has 1 aromatic rings. The van der Waals surface area contributed by atoms with E-state index in [1.54, 1.807) is 0 Å². The van der Waals surface area contributed by atoms with Crippen LogP contribution in [-0.4, -0.2) is 29.6 Å². The summed E-state index contributed by atoms with van der Waals surface area (Å²) < 4.78 is 0. The molecule has 1 aliphatic rings. The second-order valence-corrected chi connectivity index (χ2v) is 6.66. The highest BCUT2D eigenvalue weighted by Gasteiger charge is 2.34. The summed E-state index contributed by atoms with van der Waals surface area (Å²) in [6.45, 7) is 8.91. The molecule has 2 nitrogen and oxygen atoms in total. The average Bonchev–Trinajstić information content (AvgIpc) is 2.86. The molecule has 0 bridgehead atoms. The lowest BCUT2D eigenvalue weighted by molar-refractivity contribution is 0.123. The number of benzene rings is 1. The highest BCUT2D eigenvalue weighted by molar-refractivity contribution is 6.31. The molecule has 1 fully saturated rings. The van der Waals surface area contributed by atoms with Gasteiger partial charge in [-0.25, -0.2) is 0 Å². The van der Waals surface area contributed by atoms with E-state index in [0.29, 0.717) is 0 Å². The minimum absolute atomic E-state index is 0.0325.